The number of benzene rings is 1. The molecule has 2 atom stereocenters. The minimum absolute atomic E-state index is 0.00716. The van der Waals surface area contributed by atoms with Crippen molar-refractivity contribution >= 4 is 17.4 Å². The normalized spacial score (nSPS) is 22.4. The van der Waals surface area contributed by atoms with Gasteiger partial charge in [0.25, 0.3) is 0 Å². The Morgan fingerprint density at radius 1 is 1.17 bits per heavy atom. The molecule has 9 heteroatoms. The van der Waals surface area contributed by atoms with Crippen LogP contribution < -0.4 is 16.0 Å². The average molecular weight is 419 g/mol. The maximum Gasteiger partial charge on any atom is 0.418 e. The van der Waals surface area contributed by atoms with Gasteiger partial charge >= 0.3 is 6.18 Å². The Kier molecular flexibility index (Phi) is 5.55. The molecule has 6 nitrogen and oxygen atoms in total. The van der Waals surface area contributed by atoms with Crippen LogP contribution in [0.5, 0.6) is 0 Å². The van der Waals surface area contributed by atoms with Crippen LogP contribution in [0.4, 0.5) is 24.7 Å². The lowest BCUT2D eigenvalue weighted by Gasteiger charge is -2.22. The zero-order chi connectivity index (χ0) is 21.3. The van der Waals surface area contributed by atoms with E-state index in [0.717, 1.165) is 6.07 Å². The number of likely N-dealkylation sites (N-methyl/N-ethyl adjacent to an activating group) is 1. The number of anilines is 2. The second-order valence-electron chi connectivity index (χ2n) is 7.71. The monoisotopic (exact) mass is 419 g/mol. The molecule has 1 saturated heterocycles. The van der Waals surface area contributed by atoms with E-state index in [1.165, 1.54) is 6.07 Å². The van der Waals surface area contributed by atoms with Crippen LogP contribution in [0, 0.1) is 0 Å². The number of rotatable bonds is 0. The van der Waals surface area contributed by atoms with E-state index in [1.54, 1.807) is 36.2 Å². The van der Waals surface area contributed by atoms with Crippen LogP contribution >= 0.6 is 0 Å². The summed E-state index contributed by atoms with van der Waals surface area (Å²) in [5, 5.41) is 9.50. The maximum atomic E-state index is 13.7. The lowest BCUT2D eigenvalue weighted by molar-refractivity contribution is -0.137. The number of carbonyl (C=O) groups is 1. The molecule has 0 aliphatic carbocycles. The smallest absolute Gasteiger partial charge is 0.384 e. The van der Waals surface area contributed by atoms with Gasteiger partial charge in [0.2, 0.25) is 5.91 Å². The molecule has 0 unspecified atom stereocenters. The van der Waals surface area contributed by atoms with Gasteiger partial charge in [-0.25, -0.2) is 4.98 Å². The third-order valence-corrected chi connectivity index (χ3v) is 5.52. The molecule has 0 saturated carbocycles. The first-order valence-corrected chi connectivity index (χ1v) is 9.99. The highest BCUT2D eigenvalue weighted by Gasteiger charge is 2.35. The summed E-state index contributed by atoms with van der Waals surface area (Å²) < 4.78 is 41.0. The number of nitrogens with one attached hydrogen (secondary N) is 3. The standard InChI is InChI=1S/C21H24F3N5O/c1-29-10-4-9-25-19-14(5-2-6-15(19)21(22,23)24)16-7-3-8-18(28-16)27-13-11-17(20(29)30)26-12-13/h2-3,5-8,13,17,25-26H,4,9-12H2,1H3,(H,27,28)/t13-,17-/m0/s1. The zero-order valence-corrected chi connectivity index (χ0v) is 16.6. The largest absolute Gasteiger partial charge is 0.418 e. The van der Waals surface area contributed by atoms with E-state index in [-0.39, 0.29) is 23.7 Å². The highest BCUT2D eigenvalue weighted by Crippen LogP contribution is 2.40. The second kappa shape index (κ2) is 8.14. The van der Waals surface area contributed by atoms with E-state index in [2.05, 4.69) is 20.9 Å². The summed E-state index contributed by atoms with van der Waals surface area (Å²) in [5.74, 6) is 0.561. The number of fused-ring (bicyclic) bond motifs is 6. The van der Waals surface area contributed by atoms with Gasteiger partial charge in [-0.3, -0.25) is 4.79 Å². The number of nitrogens with zero attached hydrogens (tertiary/aromatic N) is 2. The first kappa shape index (κ1) is 20.5. The Morgan fingerprint density at radius 2 is 1.97 bits per heavy atom. The Labute approximate surface area is 172 Å². The van der Waals surface area contributed by atoms with Crippen LogP contribution in [0.3, 0.4) is 0 Å². The summed E-state index contributed by atoms with van der Waals surface area (Å²) in [6, 6.07) is 9.11. The second-order valence-corrected chi connectivity index (χ2v) is 7.71. The zero-order valence-electron chi connectivity index (χ0n) is 16.6. The molecule has 4 bridgehead atoms. The minimum atomic E-state index is -4.49. The molecule has 3 heterocycles. The van der Waals surface area contributed by atoms with E-state index in [0.29, 0.717) is 49.6 Å². The van der Waals surface area contributed by atoms with Gasteiger partial charge in [-0.1, -0.05) is 18.2 Å². The number of pyridine rings is 1. The van der Waals surface area contributed by atoms with Crippen molar-refractivity contribution in [3.63, 3.8) is 0 Å². The van der Waals surface area contributed by atoms with Gasteiger partial charge in [0.05, 0.1) is 23.0 Å². The van der Waals surface area contributed by atoms with Crippen LogP contribution in [0.25, 0.3) is 11.3 Å². The van der Waals surface area contributed by atoms with Crippen molar-refractivity contribution in [1.82, 2.24) is 15.2 Å². The summed E-state index contributed by atoms with van der Waals surface area (Å²) >= 11 is 0. The molecule has 2 aromatic rings. The van der Waals surface area contributed by atoms with Gasteiger partial charge in [0.1, 0.15) is 5.82 Å². The van der Waals surface area contributed by atoms with Gasteiger partial charge in [0, 0.05) is 38.3 Å². The van der Waals surface area contributed by atoms with Crippen LogP contribution in [-0.2, 0) is 11.0 Å². The fraction of sp³-hybridized carbons (Fsp3) is 0.429. The van der Waals surface area contributed by atoms with Gasteiger partial charge in [-0.2, -0.15) is 13.2 Å². The lowest BCUT2D eigenvalue weighted by atomic mass is 10.0. The average Bonchev–Trinajstić information content (AvgIpc) is 3.17. The van der Waals surface area contributed by atoms with Gasteiger partial charge in [-0.05, 0) is 31.0 Å². The summed E-state index contributed by atoms with van der Waals surface area (Å²) in [4.78, 5) is 18.8. The molecule has 3 N–H and O–H groups in total. The molecule has 2 aliphatic heterocycles. The summed E-state index contributed by atoms with van der Waals surface area (Å²) in [6.07, 6.45) is -3.34. The maximum absolute atomic E-state index is 13.7. The highest BCUT2D eigenvalue weighted by atomic mass is 19.4. The Balaban J connectivity index is 1.75. The van der Waals surface area contributed by atoms with Crippen LogP contribution in [0.1, 0.15) is 18.4 Å². The summed E-state index contributed by atoms with van der Waals surface area (Å²) in [6.45, 7) is 1.38. The lowest BCUT2D eigenvalue weighted by Crippen LogP contribution is -2.42. The van der Waals surface area contributed by atoms with Gasteiger partial charge in [-0.15, -0.1) is 0 Å². The van der Waals surface area contributed by atoms with Crippen molar-refractivity contribution in [1.29, 1.82) is 0 Å². The number of para-hydroxylation sites is 1. The predicted molar refractivity (Wildman–Crippen MR) is 109 cm³/mol. The van der Waals surface area contributed by atoms with Crippen molar-refractivity contribution in [2.45, 2.75) is 31.1 Å². The molecule has 1 amide bonds. The van der Waals surface area contributed by atoms with E-state index >= 15 is 0 Å². The van der Waals surface area contributed by atoms with E-state index in [4.69, 9.17) is 0 Å². The van der Waals surface area contributed by atoms with Crippen molar-refractivity contribution < 1.29 is 18.0 Å². The molecule has 30 heavy (non-hydrogen) atoms. The fourth-order valence-corrected chi connectivity index (χ4v) is 4.01. The topological polar surface area (TPSA) is 69.3 Å². The highest BCUT2D eigenvalue weighted by molar-refractivity contribution is 5.82. The van der Waals surface area contributed by atoms with E-state index < -0.39 is 11.7 Å². The molecule has 160 valence electrons. The Morgan fingerprint density at radius 3 is 2.77 bits per heavy atom. The first-order chi connectivity index (χ1) is 14.3. The van der Waals surface area contributed by atoms with Crippen molar-refractivity contribution in [2.24, 2.45) is 0 Å². The van der Waals surface area contributed by atoms with Crippen LogP contribution in [0.15, 0.2) is 36.4 Å². The number of halogens is 3. The molecule has 2 aliphatic rings. The van der Waals surface area contributed by atoms with Crippen LogP contribution in [0.2, 0.25) is 0 Å². The van der Waals surface area contributed by atoms with Crippen molar-refractivity contribution in [3.8, 4) is 11.3 Å². The molecule has 0 spiro atoms. The van der Waals surface area contributed by atoms with Crippen LogP contribution in [-0.4, -0.2) is 54.6 Å². The number of hydrogen-bond acceptors (Lipinski definition) is 5. The van der Waals surface area contributed by atoms with Crippen molar-refractivity contribution in [3.05, 3.63) is 42.0 Å². The van der Waals surface area contributed by atoms with Gasteiger partial charge < -0.3 is 20.9 Å². The number of alkyl halides is 3. The molecule has 1 aromatic heterocycles. The molecular weight excluding hydrogens is 395 g/mol. The summed E-state index contributed by atoms with van der Waals surface area (Å²) in [5.41, 5.74) is 0.147. The molecule has 1 aromatic carbocycles. The van der Waals surface area contributed by atoms with Crippen molar-refractivity contribution in [2.75, 3.05) is 37.3 Å². The minimum Gasteiger partial charge on any atom is -0.384 e. The van der Waals surface area contributed by atoms with E-state index in [1.807, 2.05) is 0 Å². The quantitative estimate of drug-likeness (QED) is 0.612. The number of amides is 1. The Bertz CT molecular complexity index is 933. The third-order valence-electron chi connectivity index (χ3n) is 5.52. The third kappa shape index (κ3) is 4.21. The fourth-order valence-electron chi connectivity index (χ4n) is 4.01. The molecular formula is C21H24F3N5O. The molecule has 4 rings (SSSR count). The number of aromatic nitrogens is 1. The molecule has 1 fully saturated rings. The Hall–Kier alpha value is -2.81. The summed E-state index contributed by atoms with van der Waals surface area (Å²) in [7, 11) is 1.72. The molecule has 0 radical (unpaired) electrons. The number of hydrogen-bond donors (Lipinski definition) is 3. The SMILES string of the molecule is CN1CCCNc2c(cccc2C(F)(F)F)-c2cccc(n2)N[C@@H]2CN[C@@H](C2)C1=O. The predicted octanol–water partition coefficient (Wildman–Crippen LogP) is 3.18. The number of carbonyl (C=O) groups excluding carboxylic acids is 1. The van der Waals surface area contributed by atoms with E-state index in [9.17, 15) is 18.0 Å². The first-order valence-electron chi connectivity index (χ1n) is 9.99. The van der Waals surface area contributed by atoms with Gasteiger partial charge in [0.15, 0.2) is 0 Å².